The van der Waals surface area contributed by atoms with E-state index in [1.165, 1.54) is 18.3 Å². The summed E-state index contributed by atoms with van der Waals surface area (Å²) < 4.78 is 25.5. The maximum Gasteiger partial charge on any atom is 0.257 e. The second-order valence-corrected chi connectivity index (χ2v) is 4.21. The van der Waals surface area contributed by atoms with Gasteiger partial charge in [0.25, 0.3) is 6.43 Å². The average Bonchev–Trinajstić information content (AvgIpc) is 2.63. The number of halogens is 3. The van der Waals surface area contributed by atoms with E-state index in [0.29, 0.717) is 5.82 Å². The fourth-order valence-electron chi connectivity index (χ4n) is 1.29. The molecule has 1 aromatic heterocycles. The van der Waals surface area contributed by atoms with Crippen LogP contribution in [0.25, 0.3) is 0 Å². The second-order valence-electron chi connectivity index (χ2n) is 3.56. The molecule has 96 valence electrons. The van der Waals surface area contributed by atoms with Gasteiger partial charge in [0.15, 0.2) is 0 Å². The molecule has 0 radical (unpaired) electrons. The van der Waals surface area contributed by atoms with Gasteiger partial charge in [-0.15, -0.1) is 11.6 Å². The molecule has 0 saturated carbocycles. The molecule has 1 unspecified atom stereocenters. The van der Waals surface area contributed by atoms with Gasteiger partial charge < -0.3 is 4.90 Å². The highest BCUT2D eigenvalue weighted by atomic mass is 35.5. The van der Waals surface area contributed by atoms with Crippen molar-refractivity contribution in [3.63, 3.8) is 0 Å². The van der Waals surface area contributed by atoms with Crippen molar-refractivity contribution in [3.8, 4) is 0 Å². The maximum atomic E-state index is 12.2. The standard InChI is InChI=1S/C9H13ClF2N4O/c1-6(10)9(17)15(2)4-8-13-5-14-16(8)3-7(11)12/h5-7H,3-4H2,1-2H3. The van der Waals surface area contributed by atoms with Crippen molar-refractivity contribution in [2.75, 3.05) is 7.05 Å². The van der Waals surface area contributed by atoms with Crippen molar-refractivity contribution in [3.05, 3.63) is 12.2 Å². The number of hydrogen-bond acceptors (Lipinski definition) is 3. The lowest BCUT2D eigenvalue weighted by atomic mass is 10.4. The van der Waals surface area contributed by atoms with Crippen LogP contribution < -0.4 is 0 Å². The minimum absolute atomic E-state index is 0.0998. The Kier molecular flexibility index (Phi) is 4.80. The van der Waals surface area contributed by atoms with Crippen LogP contribution in [0.3, 0.4) is 0 Å². The molecule has 1 amide bonds. The monoisotopic (exact) mass is 266 g/mol. The number of rotatable bonds is 5. The molecule has 0 aliphatic heterocycles. The van der Waals surface area contributed by atoms with Crippen LogP contribution in [-0.2, 0) is 17.9 Å². The molecule has 1 atom stereocenters. The first-order chi connectivity index (χ1) is 7.91. The Morgan fingerprint density at radius 1 is 1.65 bits per heavy atom. The summed E-state index contributed by atoms with van der Waals surface area (Å²) in [7, 11) is 1.53. The zero-order chi connectivity index (χ0) is 13.0. The predicted molar refractivity (Wildman–Crippen MR) is 57.8 cm³/mol. The fourth-order valence-corrected chi connectivity index (χ4v) is 1.45. The molecule has 8 heteroatoms. The highest BCUT2D eigenvalue weighted by molar-refractivity contribution is 6.30. The van der Waals surface area contributed by atoms with Crippen LogP contribution >= 0.6 is 11.6 Å². The number of nitrogens with zero attached hydrogens (tertiary/aromatic N) is 4. The number of aromatic nitrogens is 3. The largest absolute Gasteiger partial charge is 0.337 e. The summed E-state index contributed by atoms with van der Waals surface area (Å²) in [6.45, 7) is 1.11. The third kappa shape index (κ3) is 3.92. The topological polar surface area (TPSA) is 51.0 Å². The fraction of sp³-hybridized carbons (Fsp3) is 0.667. The van der Waals surface area contributed by atoms with Crippen molar-refractivity contribution >= 4 is 17.5 Å². The Balaban J connectivity index is 2.68. The third-order valence-corrected chi connectivity index (χ3v) is 2.29. The van der Waals surface area contributed by atoms with Crippen LogP contribution in [0.5, 0.6) is 0 Å². The predicted octanol–water partition coefficient (Wildman–Crippen LogP) is 1.13. The maximum absolute atomic E-state index is 12.2. The van der Waals surface area contributed by atoms with Gasteiger partial charge >= 0.3 is 0 Å². The minimum Gasteiger partial charge on any atom is -0.337 e. The normalized spacial score (nSPS) is 12.8. The molecular weight excluding hydrogens is 254 g/mol. The molecule has 1 aromatic rings. The Labute approximate surface area is 102 Å². The van der Waals surface area contributed by atoms with Crippen molar-refractivity contribution < 1.29 is 13.6 Å². The van der Waals surface area contributed by atoms with Gasteiger partial charge in [-0.05, 0) is 6.92 Å². The summed E-state index contributed by atoms with van der Waals surface area (Å²) in [4.78, 5) is 16.6. The number of carbonyl (C=O) groups is 1. The molecule has 0 spiro atoms. The Bertz CT molecular complexity index is 383. The van der Waals surface area contributed by atoms with Crippen LogP contribution in [0.15, 0.2) is 6.33 Å². The zero-order valence-electron chi connectivity index (χ0n) is 9.48. The van der Waals surface area contributed by atoms with Gasteiger partial charge in [0.1, 0.15) is 24.1 Å². The van der Waals surface area contributed by atoms with Crippen LogP contribution in [-0.4, -0.2) is 44.4 Å². The van der Waals surface area contributed by atoms with Crippen LogP contribution in [0.4, 0.5) is 8.78 Å². The van der Waals surface area contributed by atoms with E-state index >= 15 is 0 Å². The summed E-state index contributed by atoms with van der Waals surface area (Å²) in [6.07, 6.45) is -1.33. The second kappa shape index (κ2) is 5.90. The van der Waals surface area contributed by atoms with Crippen molar-refractivity contribution in [1.29, 1.82) is 0 Å². The molecule has 0 aliphatic carbocycles. The Hall–Kier alpha value is -1.24. The Morgan fingerprint density at radius 3 is 2.82 bits per heavy atom. The number of carbonyl (C=O) groups excluding carboxylic acids is 1. The lowest BCUT2D eigenvalue weighted by molar-refractivity contribution is -0.129. The van der Waals surface area contributed by atoms with E-state index in [-0.39, 0.29) is 12.5 Å². The van der Waals surface area contributed by atoms with E-state index < -0.39 is 18.3 Å². The first-order valence-electron chi connectivity index (χ1n) is 4.95. The highest BCUT2D eigenvalue weighted by Crippen LogP contribution is 2.06. The smallest absolute Gasteiger partial charge is 0.257 e. The van der Waals surface area contributed by atoms with Gasteiger partial charge in [-0.3, -0.25) is 4.79 Å². The molecule has 0 aliphatic rings. The van der Waals surface area contributed by atoms with Crippen LogP contribution in [0.1, 0.15) is 12.7 Å². The van der Waals surface area contributed by atoms with Crippen molar-refractivity contribution in [2.45, 2.75) is 31.8 Å². The van der Waals surface area contributed by atoms with Gasteiger partial charge in [0, 0.05) is 7.05 Å². The highest BCUT2D eigenvalue weighted by Gasteiger charge is 2.18. The van der Waals surface area contributed by atoms with E-state index in [9.17, 15) is 13.6 Å². The minimum atomic E-state index is -2.51. The summed E-state index contributed by atoms with van der Waals surface area (Å²) in [5.74, 6) is 0.0109. The first-order valence-corrected chi connectivity index (χ1v) is 5.39. The summed E-state index contributed by atoms with van der Waals surface area (Å²) in [5, 5.41) is 3.01. The molecule has 1 rings (SSSR count). The van der Waals surface area contributed by atoms with Gasteiger partial charge in [0.05, 0.1) is 6.54 Å². The van der Waals surface area contributed by atoms with Crippen LogP contribution in [0, 0.1) is 0 Å². The van der Waals surface area contributed by atoms with Crippen molar-refractivity contribution in [1.82, 2.24) is 19.7 Å². The van der Waals surface area contributed by atoms with E-state index in [1.807, 2.05) is 0 Å². The van der Waals surface area contributed by atoms with Gasteiger partial charge in [-0.25, -0.2) is 18.4 Å². The number of hydrogen-bond donors (Lipinski definition) is 0. The molecule has 0 N–H and O–H groups in total. The van der Waals surface area contributed by atoms with E-state index in [0.717, 1.165) is 4.68 Å². The molecule has 0 bridgehead atoms. The summed E-state index contributed by atoms with van der Waals surface area (Å²) in [5.41, 5.74) is 0. The summed E-state index contributed by atoms with van der Waals surface area (Å²) in [6, 6.07) is 0. The number of alkyl halides is 3. The third-order valence-electron chi connectivity index (χ3n) is 2.10. The molecule has 0 saturated heterocycles. The average molecular weight is 267 g/mol. The number of amides is 1. The van der Waals surface area contributed by atoms with Crippen LogP contribution in [0.2, 0.25) is 0 Å². The Morgan fingerprint density at radius 2 is 2.29 bits per heavy atom. The van der Waals surface area contributed by atoms with Gasteiger partial charge in [-0.2, -0.15) is 5.10 Å². The molecule has 0 fully saturated rings. The van der Waals surface area contributed by atoms with E-state index in [2.05, 4.69) is 10.1 Å². The van der Waals surface area contributed by atoms with Gasteiger partial charge in [-0.1, -0.05) is 0 Å². The molecule has 1 heterocycles. The van der Waals surface area contributed by atoms with E-state index in [1.54, 1.807) is 6.92 Å². The van der Waals surface area contributed by atoms with Crippen molar-refractivity contribution in [2.24, 2.45) is 0 Å². The summed E-state index contributed by atoms with van der Waals surface area (Å²) >= 11 is 5.63. The van der Waals surface area contributed by atoms with E-state index in [4.69, 9.17) is 11.6 Å². The molecular formula is C9H13ClF2N4O. The molecule has 17 heavy (non-hydrogen) atoms. The molecule has 0 aromatic carbocycles. The lowest BCUT2D eigenvalue weighted by Crippen LogP contribution is -2.33. The lowest BCUT2D eigenvalue weighted by Gasteiger charge is -2.18. The first kappa shape index (κ1) is 13.8. The quantitative estimate of drug-likeness (QED) is 0.751. The SMILES string of the molecule is CC(Cl)C(=O)N(C)Cc1ncnn1CC(F)F. The zero-order valence-corrected chi connectivity index (χ0v) is 10.2. The molecule has 5 nitrogen and oxygen atoms in total. The van der Waals surface area contributed by atoms with Gasteiger partial charge in [0.2, 0.25) is 5.91 Å².